The monoisotopic (exact) mass is 525 g/mol. The summed E-state index contributed by atoms with van der Waals surface area (Å²) in [5, 5.41) is 11.6. The number of rotatable bonds is 5. The van der Waals surface area contributed by atoms with Gasteiger partial charge < -0.3 is 9.47 Å². The Balaban J connectivity index is 1.63. The van der Waals surface area contributed by atoms with Gasteiger partial charge in [-0.3, -0.25) is 19.5 Å². The number of hydrogen-bond acceptors (Lipinski definition) is 7. The largest absolute Gasteiger partial charge is 0.497 e. The van der Waals surface area contributed by atoms with Crippen molar-refractivity contribution in [2.24, 2.45) is 4.99 Å². The van der Waals surface area contributed by atoms with E-state index in [1.807, 2.05) is 30.3 Å². The smallest absolute Gasteiger partial charge is 0.271 e. The number of nitrogens with zero attached hydrogens (tertiary/aromatic N) is 3. The fourth-order valence-corrected chi connectivity index (χ4v) is 6.22. The highest BCUT2D eigenvalue weighted by Gasteiger charge is 2.33. The molecule has 0 radical (unpaired) electrons. The van der Waals surface area contributed by atoms with E-state index in [2.05, 4.69) is 6.07 Å². The van der Waals surface area contributed by atoms with Crippen molar-refractivity contribution >= 4 is 28.8 Å². The van der Waals surface area contributed by atoms with Crippen molar-refractivity contribution < 1.29 is 14.4 Å². The number of thiazole rings is 1. The summed E-state index contributed by atoms with van der Waals surface area (Å²) >= 11 is 1.29. The van der Waals surface area contributed by atoms with Crippen LogP contribution in [0.15, 0.2) is 82.1 Å². The number of hydrogen-bond donors (Lipinski definition) is 0. The molecule has 0 saturated heterocycles. The second-order valence-corrected chi connectivity index (χ2v) is 10.1. The molecule has 4 aromatic rings. The maximum atomic E-state index is 13.9. The number of allylic oxidation sites excluding steroid dienone is 1. The molecule has 0 amide bonds. The number of fused-ring (bicyclic) bond motifs is 3. The van der Waals surface area contributed by atoms with E-state index in [-0.39, 0.29) is 11.2 Å². The molecule has 2 heterocycles. The average molecular weight is 526 g/mol. The summed E-state index contributed by atoms with van der Waals surface area (Å²) in [5.41, 5.74) is 5.24. The quantitative estimate of drug-likeness (QED) is 0.287. The molecule has 1 aliphatic heterocycles. The normalized spacial score (nSPS) is 16.3. The van der Waals surface area contributed by atoms with Gasteiger partial charge in [0.05, 0.1) is 35.4 Å². The fourth-order valence-electron chi connectivity index (χ4n) is 5.22. The summed E-state index contributed by atoms with van der Waals surface area (Å²) in [6, 6.07) is 19.6. The van der Waals surface area contributed by atoms with Crippen molar-refractivity contribution in [3.63, 3.8) is 0 Å². The van der Waals surface area contributed by atoms with E-state index in [4.69, 9.17) is 14.5 Å². The molecule has 190 valence electrons. The molecule has 9 heteroatoms. The molecule has 0 N–H and O–H groups in total. The summed E-state index contributed by atoms with van der Waals surface area (Å²) in [5.74, 6) is 1.26. The maximum absolute atomic E-state index is 13.9. The van der Waals surface area contributed by atoms with Crippen LogP contribution in [0.1, 0.15) is 34.7 Å². The van der Waals surface area contributed by atoms with Crippen molar-refractivity contribution in [1.82, 2.24) is 4.57 Å². The molecule has 1 aliphatic carbocycles. The van der Waals surface area contributed by atoms with Crippen LogP contribution in [0.5, 0.6) is 11.5 Å². The van der Waals surface area contributed by atoms with Crippen molar-refractivity contribution in [3.05, 3.63) is 124 Å². The van der Waals surface area contributed by atoms with Crippen LogP contribution in [0, 0.1) is 10.1 Å². The number of benzene rings is 3. The molecular formula is C29H23N3O5S. The highest BCUT2D eigenvalue weighted by atomic mass is 32.1. The average Bonchev–Trinajstić information content (AvgIpc) is 3.25. The number of aromatic nitrogens is 1. The van der Waals surface area contributed by atoms with Crippen LogP contribution in [-0.2, 0) is 6.42 Å². The Bertz CT molecular complexity index is 1820. The van der Waals surface area contributed by atoms with Gasteiger partial charge >= 0.3 is 0 Å². The van der Waals surface area contributed by atoms with E-state index in [0.717, 1.165) is 23.3 Å². The van der Waals surface area contributed by atoms with E-state index in [1.165, 1.54) is 23.0 Å². The Kier molecular flexibility index (Phi) is 5.92. The Hall–Kier alpha value is -4.50. The van der Waals surface area contributed by atoms with E-state index >= 15 is 0 Å². The molecule has 1 unspecified atom stereocenters. The molecule has 0 fully saturated rings. The van der Waals surface area contributed by atoms with Gasteiger partial charge in [0.25, 0.3) is 11.2 Å². The Morgan fingerprint density at radius 2 is 1.89 bits per heavy atom. The third-order valence-corrected chi connectivity index (χ3v) is 7.98. The first kappa shape index (κ1) is 23.9. The van der Waals surface area contributed by atoms with Gasteiger partial charge in [-0.05, 0) is 53.8 Å². The molecule has 3 aromatic carbocycles. The third-order valence-electron chi connectivity index (χ3n) is 6.99. The van der Waals surface area contributed by atoms with E-state index in [1.54, 1.807) is 49.1 Å². The van der Waals surface area contributed by atoms with E-state index in [0.29, 0.717) is 38.4 Å². The lowest BCUT2D eigenvalue weighted by molar-refractivity contribution is -0.384. The number of nitro groups is 1. The molecule has 1 atom stereocenters. The lowest BCUT2D eigenvalue weighted by Gasteiger charge is -2.30. The van der Waals surface area contributed by atoms with Gasteiger partial charge in [-0.25, -0.2) is 4.99 Å². The third kappa shape index (κ3) is 3.92. The zero-order valence-electron chi connectivity index (χ0n) is 20.7. The molecule has 0 saturated carbocycles. The van der Waals surface area contributed by atoms with Gasteiger partial charge in [0.2, 0.25) is 0 Å². The molecular weight excluding hydrogens is 502 g/mol. The lowest BCUT2D eigenvalue weighted by Crippen LogP contribution is -2.38. The van der Waals surface area contributed by atoms with Crippen LogP contribution in [0.25, 0.3) is 11.8 Å². The molecule has 38 heavy (non-hydrogen) atoms. The SMILES string of the molecule is COc1ccc(OC)c(C=c2sc3n(c2=O)C(c2cccc([N+](=O)[O-])c2)C2=C(N=3)c3ccccc3CC2)c1. The molecule has 2 aliphatic rings. The van der Waals surface area contributed by atoms with Crippen LogP contribution in [0.4, 0.5) is 5.69 Å². The van der Waals surface area contributed by atoms with Crippen molar-refractivity contribution in [1.29, 1.82) is 0 Å². The zero-order valence-corrected chi connectivity index (χ0v) is 21.5. The van der Waals surface area contributed by atoms with Crippen molar-refractivity contribution in [2.75, 3.05) is 14.2 Å². The number of aryl methyl sites for hydroxylation is 1. The molecule has 8 nitrogen and oxygen atoms in total. The Morgan fingerprint density at radius 1 is 1.05 bits per heavy atom. The molecule has 1 aromatic heterocycles. The van der Waals surface area contributed by atoms with Gasteiger partial charge in [-0.2, -0.15) is 0 Å². The second kappa shape index (κ2) is 9.42. The number of non-ortho nitro benzene ring substituents is 1. The van der Waals surface area contributed by atoms with Gasteiger partial charge in [0.15, 0.2) is 4.80 Å². The highest BCUT2D eigenvalue weighted by molar-refractivity contribution is 7.07. The van der Waals surface area contributed by atoms with Crippen LogP contribution >= 0.6 is 11.3 Å². The number of nitro benzene ring substituents is 1. The standard InChI is InChI=1S/C29H23N3O5S/c1-36-21-11-13-24(37-2)19(15-21)16-25-28(33)31-27(18-7-5-8-20(14-18)32(34)35)23-12-10-17-6-3-4-9-22(17)26(23)30-29(31)38-25/h3-9,11,13-16,27H,10,12H2,1-2H3. The van der Waals surface area contributed by atoms with Gasteiger partial charge in [0.1, 0.15) is 11.5 Å². The predicted molar refractivity (Wildman–Crippen MR) is 145 cm³/mol. The predicted octanol–water partition coefficient (Wildman–Crippen LogP) is 4.24. The first-order chi connectivity index (χ1) is 18.5. The summed E-state index contributed by atoms with van der Waals surface area (Å²) in [6.45, 7) is 0. The summed E-state index contributed by atoms with van der Waals surface area (Å²) < 4.78 is 13.0. The molecule has 0 spiro atoms. The Labute approximate surface area is 221 Å². The van der Waals surface area contributed by atoms with Crippen LogP contribution in [-0.4, -0.2) is 23.7 Å². The van der Waals surface area contributed by atoms with Gasteiger partial charge in [-0.1, -0.05) is 47.7 Å². The van der Waals surface area contributed by atoms with Gasteiger partial charge in [-0.15, -0.1) is 0 Å². The summed E-state index contributed by atoms with van der Waals surface area (Å²) in [4.78, 5) is 30.7. The number of methoxy groups -OCH3 is 2. The number of ether oxygens (including phenoxy) is 2. The lowest BCUT2D eigenvalue weighted by atomic mass is 9.83. The zero-order chi connectivity index (χ0) is 26.4. The Morgan fingerprint density at radius 3 is 2.68 bits per heavy atom. The minimum absolute atomic E-state index is 0.0129. The van der Waals surface area contributed by atoms with Gasteiger partial charge in [0, 0.05) is 23.3 Å². The van der Waals surface area contributed by atoms with Crippen molar-refractivity contribution in [3.8, 4) is 11.5 Å². The summed E-state index contributed by atoms with van der Waals surface area (Å²) in [6.07, 6.45) is 3.30. The first-order valence-corrected chi connectivity index (χ1v) is 12.9. The summed E-state index contributed by atoms with van der Waals surface area (Å²) in [7, 11) is 3.16. The van der Waals surface area contributed by atoms with E-state index in [9.17, 15) is 14.9 Å². The van der Waals surface area contributed by atoms with Crippen LogP contribution < -0.4 is 24.4 Å². The van der Waals surface area contributed by atoms with Crippen molar-refractivity contribution in [2.45, 2.75) is 18.9 Å². The topological polar surface area (TPSA) is 96.0 Å². The van der Waals surface area contributed by atoms with Crippen LogP contribution in [0.2, 0.25) is 0 Å². The first-order valence-electron chi connectivity index (χ1n) is 12.1. The highest BCUT2D eigenvalue weighted by Crippen LogP contribution is 2.41. The maximum Gasteiger partial charge on any atom is 0.271 e. The van der Waals surface area contributed by atoms with Crippen LogP contribution in [0.3, 0.4) is 0 Å². The molecule has 0 bridgehead atoms. The molecule has 6 rings (SSSR count). The minimum atomic E-state index is -0.496. The second-order valence-electron chi connectivity index (χ2n) is 9.07. The van der Waals surface area contributed by atoms with E-state index < -0.39 is 11.0 Å². The minimum Gasteiger partial charge on any atom is -0.497 e. The fraction of sp³-hybridized carbons (Fsp3) is 0.172.